The number of aromatic nitrogens is 3. The van der Waals surface area contributed by atoms with E-state index in [1.165, 1.54) is 0 Å². The largest absolute Gasteiger partial charge is 0.496 e. The van der Waals surface area contributed by atoms with Crippen molar-refractivity contribution in [3.05, 3.63) is 96.5 Å². The summed E-state index contributed by atoms with van der Waals surface area (Å²) < 4.78 is 7.22. The summed E-state index contributed by atoms with van der Waals surface area (Å²) in [6.45, 7) is 0. The van der Waals surface area contributed by atoms with Crippen LogP contribution in [0.25, 0.3) is 23.0 Å². The van der Waals surface area contributed by atoms with Gasteiger partial charge in [0.25, 0.3) is 0 Å². The van der Waals surface area contributed by atoms with Gasteiger partial charge in [-0.05, 0) is 60.9 Å². The van der Waals surface area contributed by atoms with Gasteiger partial charge >= 0.3 is 0 Å². The van der Waals surface area contributed by atoms with E-state index in [2.05, 4.69) is 4.98 Å². The molecule has 0 bridgehead atoms. The molecule has 2 aromatic heterocycles. The van der Waals surface area contributed by atoms with E-state index in [-0.39, 0.29) is 5.78 Å². The Balaban J connectivity index is 1.69. The zero-order chi connectivity index (χ0) is 21.6. The van der Waals surface area contributed by atoms with Crippen LogP contribution in [-0.4, -0.2) is 33.9 Å². The van der Waals surface area contributed by atoms with Crippen LogP contribution in [0.5, 0.6) is 5.75 Å². The highest BCUT2D eigenvalue weighted by molar-refractivity contribution is 7.98. The average molecular weight is 428 g/mol. The fraction of sp³-hybridized carbons (Fsp3) is 0.0800. The van der Waals surface area contributed by atoms with Crippen molar-refractivity contribution in [1.82, 2.24) is 14.8 Å². The average Bonchev–Trinajstić information content (AvgIpc) is 3.27. The van der Waals surface area contributed by atoms with Crippen molar-refractivity contribution in [2.24, 2.45) is 0 Å². The van der Waals surface area contributed by atoms with Crippen molar-refractivity contribution in [1.29, 1.82) is 0 Å². The number of hydrogen-bond donors (Lipinski definition) is 0. The summed E-state index contributed by atoms with van der Waals surface area (Å²) in [5.74, 6) is 0.597. The quantitative estimate of drug-likeness (QED) is 0.220. The minimum Gasteiger partial charge on any atom is -0.496 e. The van der Waals surface area contributed by atoms with E-state index in [1.54, 1.807) is 49.5 Å². The molecule has 154 valence electrons. The van der Waals surface area contributed by atoms with Gasteiger partial charge < -0.3 is 4.74 Å². The molecule has 0 aliphatic carbocycles. The van der Waals surface area contributed by atoms with Crippen LogP contribution in [0.2, 0.25) is 0 Å². The highest BCUT2D eigenvalue weighted by Gasteiger charge is 2.12. The van der Waals surface area contributed by atoms with Gasteiger partial charge in [-0.25, -0.2) is 4.68 Å². The molecule has 0 atom stereocenters. The number of methoxy groups -OCH3 is 1. The van der Waals surface area contributed by atoms with Gasteiger partial charge in [0.05, 0.1) is 12.8 Å². The zero-order valence-electron chi connectivity index (χ0n) is 17.2. The lowest BCUT2D eigenvalue weighted by atomic mass is 10.1. The maximum atomic E-state index is 12.8. The van der Waals surface area contributed by atoms with Crippen LogP contribution < -0.4 is 4.74 Å². The van der Waals surface area contributed by atoms with Gasteiger partial charge in [0.1, 0.15) is 11.4 Å². The second-order valence-corrected chi connectivity index (χ2v) is 7.56. The first-order valence-electron chi connectivity index (χ1n) is 9.69. The van der Waals surface area contributed by atoms with Crippen molar-refractivity contribution in [3.8, 4) is 22.7 Å². The molecule has 4 aromatic rings. The molecule has 5 nitrogen and oxygen atoms in total. The number of ether oxygens (including phenoxy) is 1. The Labute approximate surface area is 185 Å². The van der Waals surface area contributed by atoms with Crippen LogP contribution in [0.15, 0.2) is 90.2 Å². The van der Waals surface area contributed by atoms with Crippen LogP contribution in [0, 0.1) is 0 Å². The smallest absolute Gasteiger partial charge is 0.185 e. The molecule has 0 saturated carbocycles. The fourth-order valence-electron chi connectivity index (χ4n) is 3.21. The van der Waals surface area contributed by atoms with Crippen LogP contribution in [0.4, 0.5) is 0 Å². The molecule has 4 rings (SSSR count). The zero-order valence-corrected chi connectivity index (χ0v) is 18.0. The Morgan fingerprint density at radius 3 is 2.55 bits per heavy atom. The molecular weight excluding hydrogens is 406 g/mol. The van der Waals surface area contributed by atoms with Gasteiger partial charge in [-0.1, -0.05) is 18.2 Å². The topological polar surface area (TPSA) is 57.0 Å². The van der Waals surface area contributed by atoms with E-state index in [0.717, 1.165) is 27.4 Å². The third-order valence-electron chi connectivity index (χ3n) is 4.80. The molecule has 0 saturated heterocycles. The minimum atomic E-state index is -0.0981. The standard InChI is InChI=1S/C25H21N3O2S/c1-30-23-16-19(9-11-24(23)31-2)22(29)10-8-20-17-28(21-6-4-3-5-7-21)27-25(20)18-12-14-26-15-13-18/h3-17H,1-2H3/b10-8+. The van der Waals surface area contributed by atoms with Gasteiger partial charge in [0, 0.05) is 40.2 Å². The maximum absolute atomic E-state index is 12.8. The lowest BCUT2D eigenvalue weighted by Gasteiger charge is -2.07. The Hall–Kier alpha value is -3.64. The number of nitrogens with zero attached hydrogens (tertiary/aromatic N) is 3. The summed E-state index contributed by atoms with van der Waals surface area (Å²) in [6, 6.07) is 19.2. The predicted octanol–water partition coefficient (Wildman–Crippen LogP) is 5.56. The first-order chi connectivity index (χ1) is 15.2. The molecular formula is C25H21N3O2S. The van der Waals surface area contributed by atoms with Crippen LogP contribution >= 0.6 is 11.8 Å². The number of pyridine rings is 1. The summed E-state index contributed by atoms with van der Waals surface area (Å²) >= 11 is 1.58. The number of allylic oxidation sites excluding steroid dienone is 1. The van der Waals surface area contributed by atoms with Crippen LogP contribution in [0.3, 0.4) is 0 Å². The van der Waals surface area contributed by atoms with Gasteiger partial charge in [-0.2, -0.15) is 5.10 Å². The third kappa shape index (κ3) is 4.59. The lowest BCUT2D eigenvalue weighted by Crippen LogP contribution is -1.96. The number of carbonyl (C=O) groups is 1. The van der Waals surface area contributed by atoms with Crippen molar-refractivity contribution in [2.45, 2.75) is 4.90 Å². The lowest BCUT2D eigenvalue weighted by molar-refractivity contribution is 0.104. The summed E-state index contributed by atoms with van der Waals surface area (Å²) in [5, 5.41) is 4.76. The second kappa shape index (κ2) is 9.45. The molecule has 31 heavy (non-hydrogen) atoms. The highest BCUT2D eigenvalue weighted by Crippen LogP contribution is 2.29. The Morgan fingerprint density at radius 2 is 1.84 bits per heavy atom. The molecule has 0 fully saturated rings. The molecule has 6 heteroatoms. The SMILES string of the molecule is COc1cc(C(=O)/C=C/c2cn(-c3ccccc3)nc2-c2ccncc2)ccc1SC. The Morgan fingerprint density at radius 1 is 1.06 bits per heavy atom. The number of carbonyl (C=O) groups excluding carboxylic acids is 1. The van der Waals surface area contributed by atoms with Crippen molar-refractivity contribution in [2.75, 3.05) is 13.4 Å². The van der Waals surface area contributed by atoms with Crippen molar-refractivity contribution in [3.63, 3.8) is 0 Å². The van der Waals surface area contributed by atoms with E-state index in [9.17, 15) is 4.79 Å². The van der Waals surface area contributed by atoms with Crippen LogP contribution in [0.1, 0.15) is 15.9 Å². The van der Waals surface area contributed by atoms with E-state index in [1.807, 2.05) is 71.7 Å². The van der Waals surface area contributed by atoms with Crippen molar-refractivity contribution >= 4 is 23.6 Å². The molecule has 0 aliphatic rings. The number of rotatable bonds is 7. The second-order valence-electron chi connectivity index (χ2n) is 6.72. The van der Waals surface area contributed by atoms with Gasteiger partial charge in [0.15, 0.2) is 5.78 Å². The number of thioether (sulfide) groups is 1. The molecule has 0 amide bonds. The Bertz CT molecular complexity index is 1220. The fourth-order valence-corrected chi connectivity index (χ4v) is 3.76. The first-order valence-corrected chi connectivity index (χ1v) is 10.9. The number of benzene rings is 2. The molecule has 2 heterocycles. The van der Waals surface area contributed by atoms with E-state index >= 15 is 0 Å². The summed E-state index contributed by atoms with van der Waals surface area (Å²) in [6.07, 6.45) is 10.7. The summed E-state index contributed by atoms with van der Waals surface area (Å²) in [4.78, 5) is 17.9. The number of ketones is 1. The van der Waals surface area contributed by atoms with E-state index < -0.39 is 0 Å². The number of hydrogen-bond acceptors (Lipinski definition) is 5. The molecule has 0 radical (unpaired) electrons. The first kappa shape index (κ1) is 20.6. The van der Waals surface area contributed by atoms with Crippen LogP contribution in [-0.2, 0) is 0 Å². The molecule has 2 aromatic carbocycles. The maximum Gasteiger partial charge on any atom is 0.185 e. The number of para-hydroxylation sites is 1. The molecule has 0 unspecified atom stereocenters. The van der Waals surface area contributed by atoms with Gasteiger partial charge in [0.2, 0.25) is 0 Å². The highest BCUT2D eigenvalue weighted by atomic mass is 32.2. The summed E-state index contributed by atoms with van der Waals surface area (Å²) in [7, 11) is 1.61. The van der Waals surface area contributed by atoms with E-state index in [4.69, 9.17) is 9.84 Å². The molecule has 0 spiro atoms. The molecule has 0 N–H and O–H groups in total. The minimum absolute atomic E-state index is 0.0981. The van der Waals surface area contributed by atoms with Gasteiger partial charge in [-0.3, -0.25) is 9.78 Å². The monoisotopic (exact) mass is 427 g/mol. The Kier molecular flexibility index (Phi) is 6.29. The van der Waals surface area contributed by atoms with Crippen molar-refractivity contribution < 1.29 is 9.53 Å². The van der Waals surface area contributed by atoms with E-state index in [0.29, 0.717) is 11.3 Å². The normalized spacial score (nSPS) is 11.0. The van der Waals surface area contributed by atoms with Gasteiger partial charge in [-0.15, -0.1) is 11.8 Å². The summed E-state index contributed by atoms with van der Waals surface area (Å²) in [5.41, 5.74) is 4.08. The third-order valence-corrected chi connectivity index (χ3v) is 5.58. The predicted molar refractivity (Wildman–Crippen MR) is 125 cm³/mol. The molecule has 0 aliphatic heterocycles.